The first kappa shape index (κ1) is 21.7. The van der Waals surface area contributed by atoms with Gasteiger partial charge in [0.2, 0.25) is 10.0 Å². The van der Waals surface area contributed by atoms with Crippen LogP contribution < -0.4 is 10.6 Å². The molecule has 5 nitrogen and oxygen atoms in total. The second-order valence-electron chi connectivity index (χ2n) is 5.77. The maximum atomic E-state index is 14.0. The molecule has 2 rings (SSSR count). The van der Waals surface area contributed by atoms with Crippen LogP contribution in [0.1, 0.15) is 19.4 Å². The van der Waals surface area contributed by atoms with Gasteiger partial charge in [-0.3, -0.25) is 0 Å². The molecule has 0 radical (unpaired) electrons. The fourth-order valence-electron chi connectivity index (χ4n) is 2.48. The molecular formula is C18H21BrFN3O2S2. The second-order valence-corrected chi connectivity index (χ2v) is 9.03. The molecule has 146 valence electrons. The van der Waals surface area contributed by atoms with E-state index in [1.54, 1.807) is 38.1 Å². The van der Waals surface area contributed by atoms with Gasteiger partial charge in [0.05, 0.1) is 10.6 Å². The van der Waals surface area contributed by atoms with Crippen molar-refractivity contribution in [2.24, 2.45) is 0 Å². The summed E-state index contributed by atoms with van der Waals surface area (Å²) >= 11 is 8.44. The first-order valence-corrected chi connectivity index (χ1v) is 11.0. The van der Waals surface area contributed by atoms with Crippen LogP contribution in [0.25, 0.3) is 0 Å². The van der Waals surface area contributed by atoms with Crippen molar-refractivity contribution in [1.29, 1.82) is 0 Å². The molecule has 0 heterocycles. The van der Waals surface area contributed by atoms with Crippen LogP contribution in [-0.2, 0) is 10.0 Å². The third-order valence-electron chi connectivity index (χ3n) is 3.98. The summed E-state index contributed by atoms with van der Waals surface area (Å²) in [5.74, 6) is -0.455. The number of thiocarbonyl (C=S) groups is 1. The number of sulfonamides is 1. The molecule has 0 saturated carbocycles. The first-order valence-electron chi connectivity index (χ1n) is 8.32. The van der Waals surface area contributed by atoms with Crippen LogP contribution in [0, 0.1) is 12.7 Å². The molecule has 0 aliphatic rings. The summed E-state index contributed by atoms with van der Waals surface area (Å²) < 4.78 is 41.4. The number of anilines is 2. The van der Waals surface area contributed by atoms with Gasteiger partial charge < -0.3 is 10.6 Å². The molecule has 0 spiro atoms. The minimum absolute atomic E-state index is 0.164. The second kappa shape index (κ2) is 9.09. The van der Waals surface area contributed by atoms with E-state index in [4.69, 9.17) is 12.2 Å². The molecule has 0 aliphatic heterocycles. The first-order chi connectivity index (χ1) is 12.7. The van der Waals surface area contributed by atoms with Crippen molar-refractivity contribution < 1.29 is 12.8 Å². The number of benzene rings is 2. The average molecular weight is 474 g/mol. The number of rotatable bonds is 6. The molecule has 2 aromatic rings. The van der Waals surface area contributed by atoms with Crippen LogP contribution in [0.5, 0.6) is 0 Å². The standard InChI is InChI=1S/C18H21BrFN3O2S2/c1-4-23(5-2)27(24,25)14-8-6-12(3)17(11-14)22-18(26)21-16-9-7-13(19)10-15(16)20/h6-11H,4-5H2,1-3H3,(H2,21,22,26). The third kappa shape index (κ3) is 5.25. The zero-order chi connectivity index (χ0) is 20.2. The fraction of sp³-hybridized carbons (Fsp3) is 0.278. The van der Waals surface area contributed by atoms with Crippen LogP contribution in [0.3, 0.4) is 0 Å². The van der Waals surface area contributed by atoms with E-state index in [9.17, 15) is 12.8 Å². The molecule has 0 fully saturated rings. The lowest BCUT2D eigenvalue weighted by molar-refractivity contribution is 0.445. The Morgan fingerprint density at radius 2 is 1.74 bits per heavy atom. The predicted molar refractivity (Wildman–Crippen MR) is 115 cm³/mol. The molecule has 0 bridgehead atoms. The Balaban J connectivity index is 2.25. The van der Waals surface area contributed by atoms with Gasteiger partial charge in [-0.1, -0.05) is 35.8 Å². The Morgan fingerprint density at radius 1 is 1.11 bits per heavy atom. The lowest BCUT2D eigenvalue weighted by atomic mass is 10.2. The summed E-state index contributed by atoms with van der Waals surface area (Å²) in [7, 11) is -3.58. The molecule has 0 unspecified atom stereocenters. The maximum absolute atomic E-state index is 14.0. The van der Waals surface area contributed by atoms with Gasteiger partial charge in [-0.15, -0.1) is 0 Å². The molecule has 0 saturated heterocycles. The predicted octanol–water partition coefficient (Wildman–Crippen LogP) is 4.74. The topological polar surface area (TPSA) is 61.4 Å². The zero-order valence-corrected chi connectivity index (χ0v) is 18.4. The van der Waals surface area contributed by atoms with Crippen molar-refractivity contribution in [3.63, 3.8) is 0 Å². The molecular weight excluding hydrogens is 453 g/mol. The molecule has 0 atom stereocenters. The molecule has 0 aliphatic carbocycles. The highest BCUT2D eigenvalue weighted by molar-refractivity contribution is 9.10. The molecule has 27 heavy (non-hydrogen) atoms. The largest absolute Gasteiger partial charge is 0.332 e. The van der Waals surface area contributed by atoms with Crippen molar-refractivity contribution in [3.8, 4) is 0 Å². The van der Waals surface area contributed by atoms with Crippen molar-refractivity contribution in [3.05, 3.63) is 52.3 Å². The smallest absolute Gasteiger partial charge is 0.243 e. The molecule has 0 aromatic heterocycles. The quantitative estimate of drug-likeness (QED) is 0.593. The van der Waals surface area contributed by atoms with E-state index in [1.165, 1.54) is 16.4 Å². The Labute approximate surface area is 173 Å². The molecule has 2 aromatic carbocycles. The van der Waals surface area contributed by atoms with Crippen LogP contribution in [0.4, 0.5) is 15.8 Å². The molecule has 0 amide bonds. The Hall–Kier alpha value is -1.55. The number of hydrogen-bond acceptors (Lipinski definition) is 3. The minimum Gasteiger partial charge on any atom is -0.332 e. The van der Waals surface area contributed by atoms with Crippen molar-refractivity contribution in [2.45, 2.75) is 25.7 Å². The van der Waals surface area contributed by atoms with E-state index >= 15 is 0 Å². The van der Waals surface area contributed by atoms with Crippen LogP contribution in [-0.4, -0.2) is 30.9 Å². The number of aryl methyl sites for hydroxylation is 1. The van der Waals surface area contributed by atoms with Crippen LogP contribution in [0.2, 0.25) is 0 Å². The Morgan fingerprint density at radius 3 is 2.33 bits per heavy atom. The van der Waals surface area contributed by atoms with Gasteiger partial charge in [0.25, 0.3) is 0 Å². The average Bonchev–Trinajstić information content (AvgIpc) is 2.60. The highest BCUT2D eigenvalue weighted by Gasteiger charge is 2.22. The number of hydrogen-bond donors (Lipinski definition) is 2. The lowest BCUT2D eigenvalue weighted by Crippen LogP contribution is -2.30. The van der Waals surface area contributed by atoms with Gasteiger partial charge in [0.15, 0.2) is 5.11 Å². The normalized spacial score (nSPS) is 11.5. The van der Waals surface area contributed by atoms with E-state index in [2.05, 4.69) is 26.6 Å². The van der Waals surface area contributed by atoms with E-state index < -0.39 is 15.8 Å². The van der Waals surface area contributed by atoms with Crippen LogP contribution in [0.15, 0.2) is 45.8 Å². The minimum atomic E-state index is -3.58. The lowest BCUT2D eigenvalue weighted by Gasteiger charge is -2.20. The Kier molecular flexibility index (Phi) is 7.32. The van der Waals surface area contributed by atoms with E-state index in [0.29, 0.717) is 23.2 Å². The van der Waals surface area contributed by atoms with E-state index in [0.717, 1.165) is 5.56 Å². The zero-order valence-electron chi connectivity index (χ0n) is 15.2. The summed E-state index contributed by atoms with van der Waals surface area (Å²) in [6.07, 6.45) is 0. The fourth-order valence-corrected chi connectivity index (χ4v) is 4.51. The summed E-state index contributed by atoms with van der Waals surface area (Å²) in [4.78, 5) is 0.178. The SMILES string of the molecule is CCN(CC)S(=O)(=O)c1ccc(C)c(NC(=S)Nc2ccc(Br)cc2F)c1. The number of halogens is 2. The molecule has 2 N–H and O–H groups in total. The summed E-state index contributed by atoms with van der Waals surface area (Å²) in [5, 5.41) is 5.89. The van der Waals surface area contributed by atoms with Crippen molar-refractivity contribution in [2.75, 3.05) is 23.7 Å². The number of nitrogens with one attached hydrogen (secondary N) is 2. The van der Waals surface area contributed by atoms with Gasteiger partial charge in [-0.2, -0.15) is 4.31 Å². The van der Waals surface area contributed by atoms with Gasteiger partial charge in [0, 0.05) is 23.2 Å². The molecule has 9 heteroatoms. The summed E-state index contributed by atoms with van der Waals surface area (Å²) in [6.45, 7) is 6.19. The highest BCUT2D eigenvalue weighted by Crippen LogP contribution is 2.24. The maximum Gasteiger partial charge on any atom is 0.243 e. The van der Waals surface area contributed by atoms with Crippen molar-refractivity contribution >= 4 is 54.7 Å². The van der Waals surface area contributed by atoms with E-state index in [-0.39, 0.29) is 15.7 Å². The van der Waals surface area contributed by atoms with Gasteiger partial charge >= 0.3 is 0 Å². The van der Waals surface area contributed by atoms with Crippen LogP contribution >= 0.6 is 28.1 Å². The number of nitrogens with zero attached hydrogens (tertiary/aromatic N) is 1. The Bertz CT molecular complexity index is 948. The monoisotopic (exact) mass is 473 g/mol. The highest BCUT2D eigenvalue weighted by atomic mass is 79.9. The van der Waals surface area contributed by atoms with Crippen molar-refractivity contribution in [1.82, 2.24) is 4.31 Å². The van der Waals surface area contributed by atoms with Gasteiger partial charge in [-0.25, -0.2) is 12.8 Å². The summed E-state index contributed by atoms with van der Waals surface area (Å²) in [5.41, 5.74) is 1.58. The van der Waals surface area contributed by atoms with Gasteiger partial charge in [-0.05, 0) is 55.0 Å². The summed E-state index contributed by atoms with van der Waals surface area (Å²) in [6, 6.07) is 9.39. The van der Waals surface area contributed by atoms with E-state index in [1.807, 2.05) is 6.92 Å². The third-order valence-corrected chi connectivity index (χ3v) is 6.72. The van der Waals surface area contributed by atoms with Gasteiger partial charge in [0.1, 0.15) is 5.82 Å².